The number of carboxylic acids is 1. The number of pyridine rings is 1. The topological polar surface area (TPSA) is 149 Å². The van der Waals surface area contributed by atoms with Crippen molar-refractivity contribution in [2.45, 2.75) is 41.5 Å². The summed E-state index contributed by atoms with van der Waals surface area (Å²) < 4.78 is 34.8. The number of aliphatic carboxylic acids is 1. The Morgan fingerprint density at radius 3 is 2.46 bits per heavy atom. The fraction of sp³-hybridized carbons (Fsp3) is 0.381. The van der Waals surface area contributed by atoms with Crippen molar-refractivity contribution in [3.8, 4) is 0 Å². The second-order valence-electron chi connectivity index (χ2n) is 8.49. The Balaban J connectivity index is 0.000000405. The van der Waals surface area contributed by atoms with Crippen LogP contribution in [-0.4, -0.2) is 55.1 Å². The predicted molar refractivity (Wildman–Crippen MR) is 134 cm³/mol. The van der Waals surface area contributed by atoms with E-state index in [2.05, 4.69) is 40.9 Å². The van der Waals surface area contributed by atoms with Gasteiger partial charge in [-0.05, 0) is 34.8 Å². The first-order valence-electron chi connectivity index (χ1n) is 10.8. The molecule has 0 aromatic carbocycles. The summed E-state index contributed by atoms with van der Waals surface area (Å²) in [5, 5.41) is 12.8. The van der Waals surface area contributed by atoms with Gasteiger partial charge in [-0.3, -0.25) is 4.68 Å². The summed E-state index contributed by atoms with van der Waals surface area (Å²) in [6.07, 6.45) is 3.95. The standard InChI is InChI=1S/C19H20BrClN8S.C2HF3O2/c20-11-7-27-29-10-19(17(22)16(11)29)2-5-28(6-3-19)13-8-26-14(9-25-13)30-12-1-4-24-18(23)15(12)21;3-2(4,5)1(6)7/h1,4,7-9,17H,2-3,5-6,10,22H2,(H2,23,24);(H,6,7)/t17-;/m1./s1. The number of halogens is 5. The van der Waals surface area contributed by atoms with Crippen LogP contribution in [0.5, 0.6) is 0 Å². The fourth-order valence-corrected chi connectivity index (χ4v) is 5.83. The third kappa shape index (κ3) is 5.78. The van der Waals surface area contributed by atoms with E-state index in [0.717, 1.165) is 58.4 Å². The maximum atomic E-state index is 10.6. The minimum atomic E-state index is -5.08. The van der Waals surface area contributed by atoms with E-state index >= 15 is 0 Å². The van der Waals surface area contributed by atoms with Crippen LogP contribution < -0.4 is 16.4 Å². The van der Waals surface area contributed by atoms with Crippen LogP contribution >= 0.6 is 39.3 Å². The van der Waals surface area contributed by atoms with Crippen LogP contribution in [0.2, 0.25) is 5.02 Å². The zero-order valence-electron chi connectivity index (χ0n) is 19.0. The Hall–Kier alpha value is -2.62. The van der Waals surface area contributed by atoms with Gasteiger partial charge in [-0.2, -0.15) is 18.3 Å². The highest BCUT2D eigenvalue weighted by Crippen LogP contribution is 2.49. The van der Waals surface area contributed by atoms with Gasteiger partial charge in [0.05, 0.1) is 39.8 Å². The van der Waals surface area contributed by atoms with Crippen LogP contribution in [0.3, 0.4) is 0 Å². The Labute approximate surface area is 226 Å². The van der Waals surface area contributed by atoms with Gasteiger partial charge >= 0.3 is 12.1 Å². The van der Waals surface area contributed by atoms with Gasteiger partial charge in [-0.15, -0.1) is 0 Å². The lowest BCUT2D eigenvalue weighted by Crippen LogP contribution is -2.45. The molecule has 1 fully saturated rings. The van der Waals surface area contributed by atoms with Gasteiger partial charge in [0.15, 0.2) is 0 Å². The highest BCUT2D eigenvalue weighted by Gasteiger charge is 2.48. The fourth-order valence-electron chi connectivity index (χ4n) is 4.30. The van der Waals surface area contributed by atoms with E-state index in [4.69, 9.17) is 33.0 Å². The van der Waals surface area contributed by atoms with Gasteiger partial charge < -0.3 is 21.5 Å². The Morgan fingerprint density at radius 2 is 1.89 bits per heavy atom. The molecule has 3 aromatic heterocycles. The number of carbonyl (C=O) groups is 1. The predicted octanol–water partition coefficient (Wildman–Crippen LogP) is 4.15. The molecule has 1 atom stereocenters. The smallest absolute Gasteiger partial charge is 0.475 e. The molecule has 10 nitrogen and oxygen atoms in total. The van der Waals surface area contributed by atoms with E-state index in [9.17, 15) is 13.2 Å². The summed E-state index contributed by atoms with van der Waals surface area (Å²) in [7, 11) is 0. The summed E-state index contributed by atoms with van der Waals surface area (Å²) in [5.41, 5.74) is 13.6. The molecule has 5 heterocycles. The van der Waals surface area contributed by atoms with Crippen molar-refractivity contribution in [2.75, 3.05) is 23.7 Å². The number of nitrogens with two attached hydrogens (primary N) is 2. The average Bonchev–Trinajstić information content (AvgIpc) is 3.34. The van der Waals surface area contributed by atoms with Crippen molar-refractivity contribution in [2.24, 2.45) is 11.1 Å². The molecule has 0 unspecified atom stereocenters. The molecule has 0 radical (unpaired) electrons. The molecule has 2 aliphatic rings. The van der Waals surface area contributed by atoms with Gasteiger partial charge in [-0.25, -0.2) is 19.7 Å². The van der Waals surface area contributed by atoms with Gasteiger partial charge in [0.2, 0.25) is 0 Å². The lowest BCUT2D eigenvalue weighted by molar-refractivity contribution is -0.192. The molecule has 5 rings (SSSR count). The minimum absolute atomic E-state index is 0.000989. The molecule has 0 bridgehead atoms. The molecule has 5 N–H and O–H groups in total. The van der Waals surface area contributed by atoms with Crippen molar-refractivity contribution in [3.63, 3.8) is 0 Å². The van der Waals surface area contributed by atoms with E-state index in [-0.39, 0.29) is 11.5 Å². The first kappa shape index (κ1) is 27.4. The van der Waals surface area contributed by atoms with Crippen LogP contribution in [-0.2, 0) is 11.3 Å². The normalized spacial score (nSPS) is 18.3. The average molecular weight is 622 g/mol. The number of fused-ring (bicyclic) bond motifs is 1. The van der Waals surface area contributed by atoms with E-state index in [1.54, 1.807) is 12.4 Å². The molecule has 3 aromatic rings. The Kier molecular flexibility index (Phi) is 7.88. The second-order valence-corrected chi connectivity index (χ2v) is 10.8. The van der Waals surface area contributed by atoms with Crippen molar-refractivity contribution >= 4 is 56.9 Å². The molecular weight excluding hydrogens is 601 g/mol. The van der Waals surface area contributed by atoms with Gasteiger partial charge in [0.25, 0.3) is 0 Å². The van der Waals surface area contributed by atoms with Gasteiger partial charge in [0.1, 0.15) is 16.7 Å². The number of piperidine rings is 1. The zero-order valence-corrected chi connectivity index (χ0v) is 22.1. The number of aromatic nitrogens is 5. The van der Waals surface area contributed by atoms with E-state index in [0.29, 0.717) is 10.8 Å². The third-order valence-corrected chi connectivity index (χ3v) is 8.39. The molecule has 0 saturated carbocycles. The van der Waals surface area contributed by atoms with Crippen molar-refractivity contribution in [1.29, 1.82) is 0 Å². The van der Waals surface area contributed by atoms with Crippen LogP contribution in [0.25, 0.3) is 0 Å². The molecule has 37 heavy (non-hydrogen) atoms. The lowest BCUT2D eigenvalue weighted by Gasteiger charge is -2.41. The molecule has 16 heteroatoms. The van der Waals surface area contributed by atoms with E-state index in [1.807, 2.05) is 23.1 Å². The molecule has 1 spiro atoms. The molecule has 1 saturated heterocycles. The Bertz CT molecular complexity index is 1290. The zero-order chi connectivity index (χ0) is 27.0. The summed E-state index contributed by atoms with van der Waals surface area (Å²) in [6, 6.07) is 1.82. The number of anilines is 2. The van der Waals surface area contributed by atoms with Crippen molar-refractivity contribution < 1.29 is 23.1 Å². The van der Waals surface area contributed by atoms with Crippen LogP contribution in [0.4, 0.5) is 24.8 Å². The number of nitrogens with zero attached hydrogens (tertiary/aromatic N) is 6. The summed E-state index contributed by atoms with van der Waals surface area (Å²) in [5.74, 6) is -1.57. The second kappa shape index (κ2) is 10.6. The first-order valence-corrected chi connectivity index (χ1v) is 12.8. The maximum absolute atomic E-state index is 10.6. The quantitative estimate of drug-likeness (QED) is 0.389. The number of carboxylic acid groups (broad SMARTS) is 1. The molecule has 198 valence electrons. The van der Waals surface area contributed by atoms with Crippen LogP contribution in [0.15, 0.2) is 45.2 Å². The van der Waals surface area contributed by atoms with Crippen molar-refractivity contribution in [3.05, 3.63) is 46.0 Å². The Morgan fingerprint density at radius 1 is 1.22 bits per heavy atom. The highest BCUT2D eigenvalue weighted by molar-refractivity contribution is 9.10. The molecule has 0 aliphatic carbocycles. The minimum Gasteiger partial charge on any atom is -0.475 e. The summed E-state index contributed by atoms with van der Waals surface area (Å²) >= 11 is 11.2. The number of alkyl halides is 3. The monoisotopic (exact) mass is 620 g/mol. The first-order chi connectivity index (χ1) is 17.4. The number of hydrogen-bond donors (Lipinski definition) is 3. The van der Waals surface area contributed by atoms with Gasteiger partial charge in [0, 0.05) is 36.1 Å². The van der Waals surface area contributed by atoms with Crippen molar-refractivity contribution in [1.82, 2.24) is 24.7 Å². The molecular formula is C21H21BrClF3N8O2S. The van der Waals surface area contributed by atoms with Crippen LogP contribution in [0.1, 0.15) is 24.6 Å². The van der Waals surface area contributed by atoms with E-state index < -0.39 is 12.1 Å². The van der Waals surface area contributed by atoms with E-state index in [1.165, 1.54) is 11.8 Å². The van der Waals surface area contributed by atoms with Crippen LogP contribution in [0, 0.1) is 5.41 Å². The lowest BCUT2D eigenvalue weighted by atomic mass is 9.73. The van der Waals surface area contributed by atoms with Gasteiger partial charge in [-0.1, -0.05) is 23.4 Å². The summed E-state index contributed by atoms with van der Waals surface area (Å²) in [6.45, 7) is 2.66. The number of hydrogen-bond acceptors (Lipinski definition) is 9. The third-order valence-electron chi connectivity index (χ3n) is 6.29. The largest absolute Gasteiger partial charge is 0.490 e. The summed E-state index contributed by atoms with van der Waals surface area (Å²) in [4.78, 5) is 25.1. The number of rotatable bonds is 3. The molecule has 2 aliphatic heterocycles. The SMILES string of the molecule is Nc1nccc(Sc2cnc(N3CCC4(CC3)Cn3ncc(Br)c3[C@H]4N)cn2)c1Cl.O=C(O)C(F)(F)F. The highest BCUT2D eigenvalue weighted by atomic mass is 79.9. The molecule has 0 amide bonds. The number of nitrogen functional groups attached to an aromatic ring is 1. The maximum Gasteiger partial charge on any atom is 0.490 e.